The van der Waals surface area contributed by atoms with E-state index in [1.165, 1.54) is 19.2 Å². The fourth-order valence-corrected chi connectivity index (χ4v) is 3.63. The molecule has 0 amide bonds. The standard InChI is InChI=1S/C12H19ClN2O4S/c1-19-7-5-15(4-6-16)20(17,18)12-3-2-10(9-14)8-11(12)13/h2-3,8,16H,4-7,9,14H2,1H3. The lowest BCUT2D eigenvalue weighted by Gasteiger charge is -2.21. The van der Waals surface area contributed by atoms with Crippen LogP contribution in [0.25, 0.3) is 0 Å². The minimum atomic E-state index is -3.77. The number of benzene rings is 1. The summed E-state index contributed by atoms with van der Waals surface area (Å²) in [5.74, 6) is 0. The second-order valence-electron chi connectivity index (χ2n) is 4.09. The van der Waals surface area contributed by atoms with Crippen molar-refractivity contribution < 1.29 is 18.3 Å². The number of hydrogen-bond acceptors (Lipinski definition) is 5. The quantitative estimate of drug-likeness (QED) is 0.724. The van der Waals surface area contributed by atoms with Crippen LogP contribution in [-0.4, -0.2) is 51.2 Å². The molecule has 0 saturated heterocycles. The fourth-order valence-electron chi connectivity index (χ4n) is 1.68. The van der Waals surface area contributed by atoms with Crippen LogP contribution in [0.3, 0.4) is 0 Å². The highest BCUT2D eigenvalue weighted by atomic mass is 35.5. The van der Waals surface area contributed by atoms with E-state index in [4.69, 9.17) is 27.2 Å². The summed E-state index contributed by atoms with van der Waals surface area (Å²) in [4.78, 5) is 0.000852. The van der Waals surface area contributed by atoms with Gasteiger partial charge in [-0.05, 0) is 17.7 Å². The minimum Gasteiger partial charge on any atom is -0.395 e. The molecule has 3 N–H and O–H groups in total. The predicted molar refractivity (Wildman–Crippen MR) is 77.1 cm³/mol. The van der Waals surface area contributed by atoms with Crippen molar-refractivity contribution >= 4 is 21.6 Å². The monoisotopic (exact) mass is 322 g/mol. The van der Waals surface area contributed by atoms with Crippen molar-refractivity contribution in [2.24, 2.45) is 5.73 Å². The van der Waals surface area contributed by atoms with Crippen LogP contribution in [-0.2, 0) is 21.3 Å². The Bertz CT molecular complexity index is 536. The molecule has 0 heterocycles. The third-order valence-electron chi connectivity index (χ3n) is 2.74. The van der Waals surface area contributed by atoms with Gasteiger partial charge in [0.1, 0.15) is 4.90 Å². The molecule has 20 heavy (non-hydrogen) atoms. The lowest BCUT2D eigenvalue weighted by molar-refractivity contribution is 0.168. The zero-order chi connectivity index (χ0) is 15.2. The molecule has 0 spiro atoms. The summed E-state index contributed by atoms with van der Waals surface area (Å²) in [6.45, 7) is 0.373. The Morgan fingerprint density at radius 3 is 2.60 bits per heavy atom. The lowest BCUT2D eigenvalue weighted by Crippen LogP contribution is -2.36. The number of ether oxygens (including phenoxy) is 1. The van der Waals surface area contributed by atoms with E-state index < -0.39 is 10.0 Å². The topological polar surface area (TPSA) is 92.9 Å². The van der Waals surface area contributed by atoms with Crippen molar-refractivity contribution in [3.8, 4) is 0 Å². The van der Waals surface area contributed by atoms with Gasteiger partial charge in [-0.1, -0.05) is 17.7 Å². The number of halogens is 1. The van der Waals surface area contributed by atoms with Crippen LogP contribution >= 0.6 is 11.6 Å². The summed E-state index contributed by atoms with van der Waals surface area (Å²) in [6, 6.07) is 4.57. The third kappa shape index (κ3) is 4.15. The van der Waals surface area contributed by atoms with Crippen LogP contribution in [0.15, 0.2) is 23.1 Å². The first-order valence-corrected chi connectivity index (χ1v) is 7.87. The number of nitrogens with two attached hydrogens (primary N) is 1. The van der Waals surface area contributed by atoms with Crippen molar-refractivity contribution in [2.75, 3.05) is 33.4 Å². The summed E-state index contributed by atoms with van der Waals surface area (Å²) < 4.78 is 31.0. The lowest BCUT2D eigenvalue weighted by atomic mass is 10.2. The summed E-state index contributed by atoms with van der Waals surface area (Å²) >= 11 is 6.02. The molecule has 0 atom stereocenters. The summed E-state index contributed by atoms with van der Waals surface area (Å²) in [5, 5.41) is 9.12. The Morgan fingerprint density at radius 1 is 1.40 bits per heavy atom. The van der Waals surface area contributed by atoms with Gasteiger partial charge in [-0.25, -0.2) is 8.42 Å². The molecule has 0 radical (unpaired) electrons. The SMILES string of the molecule is COCCN(CCO)S(=O)(=O)c1ccc(CN)cc1Cl. The Morgan fingerprint density at radius 2 is 2.10 bits per heavy atom. The summed E-state index contributed by atoms with van der Waals surface area (Å²) in [7, 11) is -2.29. The maximum Gasteiger partial charge on any atom is 0.244 e. The average molecular weight is 323 g/mol. The molecule has 0 aliphatic carbocycles. The van der Waals surface area contributed by atoms with Gasteiger partial charge >= 0.3 is 0 Å². The number of sulfonamides is 1. The number of nitrogens with zero attached hydrogens (tertiary/aromatic N) is 1. The largest absolute Gasteiger partial charge is 0.395 e. The number of aliphatic hydroxyl groups excluding tert-OH is 1. The van der Waals surface area contributed by atoms with Crippen LogP contribution < -0.4 is 5.73 Å². The molecular formula is C12H19ClN2O4S. The van der Waals surface area contributed by atoms with Gasteiger partial charge in [-0.15, -0.1) is 0 Å². The van der Waals surface area contributed by atoms with Crippen molar-refractivity contribution in [3.63, 3.8) is 0 Å². The molecule has 8 heteroatoms. The van der Waals surface area contributed by atoms with Crippen LogP contribution in [0.1, 0.15) is 5.56 Å². The van der Waals surface area contributed by atoms with Crippen molar-refractivity contribution in [3.05, 3.63) is 28.8 Å². The van der Waals surface area contributed by atoms with Gasteiger partial charge in [0.15, 0.2) is 0 Å². The van der Waals surface area contributed by atoms with Gasteiger partial charge in [-0.3, -0.25) is 0 Å². The molecule has 0 saturated carbocycles. The van der Waals surface area contributed by atoms with Gasteiger partial charge in [-0.2, -0.15) is 4.31 Å². The Kier molecular flexibility index (Phi) is 6.87. The highest BCUT2D eigenvalue weighted by Gasteiger charge is 2.26. The van der Waals surface area contributed by atoms with Crippen molar-refractivity contribution in [1.82, 2.24) is 4.31 Å². The van der Waals surface area contributed by atoms with Gasteiger partial charge in [0.25, 0.3) is 0 Å². The van der Waals surface area contributed by atoms with E-state index in [0.717, 1.165) is 9.87 Å². The molecule has 0 unspecified atom stereocenters. The third-order valence-corrected chi connectivity index (χ3v) is 5.13. The van der Waals surface area contributed by atoms with Crippen LogP contribution in [0, 0.1) is 0 Å². The second kappa shape index (κ2) is 7.92. The van der Waals surface area contributed by atoms with E-state index in [1.807, 2.05) is 0 Å². The Hall–Kier alpha value is -0.700. The Balaban J connectivity index is 3.11. The molecule has 1 rings (SSSR count). The van der Waals surface area contributed by atoms with E-state index in [1.54, 1.807) is 6.07 Å². The molecule has 0 aromatic heterocycles. The van der Waals surface area contributed by atoms with Crippen LogP contribution in [0.2, 0.25) is 5.02 Å². The second-order valence-corrected chi connectivity index (χ2v) is 6.40. The average Bonchev–Trinajstić information content (AvgIpc) is 2.42. The van der Waals surface area contributed by atoms with E-state index in [-0.39, 0.29) is 42.8 Å². The number of methoxy groups -OCH3 is 1. The summed E-state index contributed by atoms with van der Waals surface area (Å²) in [6.07, 6.45) is 0. The minimum absolute atomic E-state index is 0.000852. The number of rotatable bonds is 8. The van der Waals surface area contributed by atoms with Crippen LogP contribution in [0.5, 0.6) is 0 Å². The number of hydrogen-bond donors (Lipinski definition) is 2. The molecule has 1 aromatic carbocycles. The summed E-state index contributed by atoms with van der Waals surface area (Å²) in [5.41, 5.74) is 6.23. The molecule has 1 aromatic rings. The van der Waals surface area contributed by atoms with Gasteiger partial charge in [0, 0.05) is 26.7 Å². The normalized spacial score (nSPS) is 12.1. The molecular weight excluding hydrogens is 304 g/mol. The molecule has 0 aliphatic heterocycles. The highest BCUT2D eigenvalue weighted by Crippen LogP contribution is 2.25. The smallest absolute Gasteiger partial charge is 0.244 e. The van der Waals surface area contributed by atoms with E-state index in [9.17, 15) is 8.42 Å². The number of aliphatic hydroxyl groups is 1. The molecule has 0 fully saturated rings. The van der Waals surface area contributed by atoms with E-state index in [0.29, 0.717) is 0 Å². The predicted octanol–water partition coefficient (Wildman–Crippen LogP) is 0.428. The first-order chi connectivity index (χ1) is 9.47. The van der Waals surface area contributed by atoms with E-state index >= 15 is 0 Å². The zero-order valence-electron chi connectivity index (χ0n) is 11.3. The highest BCUT2D eigenvalue weighted by molar-refractivity contribution is 7.89. The first-order valence-electron chi connectivity index (χ1n) is 6.05. The molecule has 6 nitrogen and oxygen atoms in total. The first kappa shape index (κ1) is 17.4. The van der Waals surface area contributed by atoms with Gasteiger partial charge < -0.3 is 15.6 Å². The molecule has 114 valence electrons. The maximum absolute atomic E-state index is 12.5. The maximum atomic E-state index is 12.5. The van der Waals surface area contributed by atoms with Crippen molar-refractivity contribution in [1.29, 1.82) is 0 Å². The Labute approximate surface area is 124 Å². The van der Waals surface area contributed by atoms with Crippen LogP contribution in [0.4, 0.5) is 0 Å². The molecule has 0 bridgehead atoms. The van der Waals surface area contributed by atoms with Crippen molar-refractivity contribution in [2.45, 2.75) is 11.4 Å². The zero-order valence-corrected chi connectivity index (χ0v) is 12.8. The van der Waals surface area contributed by atoms with Gasteiger partial charge in [0.2, 0.25) is 10.0 Å². The van der Waals surface area contributed by atoms with Gasteiger partial charge in [0.05, 0.1) is 18.2 Å². The molecule has 0 aliphatic rings. The fraction of sp³-hybridized carbons (Fsp3) is 0.500. The van der Waals surface area contributed by atoms with E-state index in [2.05, 4.69) is 0 Å².